The maximum Gasteiger partial charge on any atom is 0.241 e. The molecule has 152 valence electrons. The molecule has 0 saturated heterocycles. The predicted molar refractivity (Wildman–Crippen MR) is 110 cm³/mol. The largest absolute Gasteiger partial charge is 0.492 e. The SMILES string of the molecule is O=S(=O)(NC(CO)COc1ccc(OCc2ccccc2)cc1)c1ccccc1. The number of nitrogens with one attached hydrogen (secondary N) is 1. The minimum atomic E-state index is -3.73. The van der Waals surface area contributed by atoms with Crippen LogP contribution in [0.4, 0.5) is 0 Å². The minimum absolute atomic E-state index is 0.00716. The number of benzene rings is 3. The summed E-state index contributed by atoms with van der Waals surface area (Å²) in [5.41, 5.74) is 1.07. The highest BCUT2D eigenvalue weighted by Crippen LogP contribution is 2.19. The molecular formula is C22H23NO5S. The summed E-state index contributed by atoms with van der Waals surface area (Å²) >= 11 is 0. The second-order valence-electron chi connectivity index (χ2n) is 6.37. The molecule has 29 heavy (non-hydrogen) atoms. The van der Waals surface area contributed by atoms with E-state index in [2.05, 4.69) is 4.72 Å². The van der Waals surface area contributed by atoms with Crippen LogP contribution >= 0.6 is 0 Å². The van der Waals surface area contributed by atoms with Crippen LogP contribution < -0.4 is 14.2 Å². The summed E-state index contributed by atoms with van der Waals surface area (Å²) in [5, 5.41) is 9.51. The van der Waals surface area contributed by atoms with Crippen LogP contribution in [0.2, 0.25) is 0 Å². The van der Waals surface area contributed by atoms with Gasteiger partial charge in [0.25, 0.3) is 0 Å². The first-order chi connectivity index (χ1) is 14.1. The van der Waals surface area contributed by atoms with E-state index in [1.165, 1.54) is 12.1 Å². The lowest BCUT2D eigenvalue weighted by atomic mass is 10.2. The van der Waals surface area contributed by atoms with Gasteiger partial charge < -0.3 is 14.6 Å². The van der Waals surface area contributed by atoms with Gasteiger partial charge in [-0.15, -0.1) is 0 Å². The van der Waals surface area contributed by atoms with Crippen molar-refractivity contribution >= 4 is 10.0 Å². The fraction of sp³-hybridized carbons (Fsp3) is 0.182. The highest BCUT2D eigenvalue weighted by atomic mass is 32.2. The first kappa shape index (κ1) is 20.9. The molecule has 1 atom stereocenters. The average molecular weight is 413 g/mol. The van der Waals surface area contributed by atoms with Gasteiger partial charge in [-0.2, -0.15) is 0 Å². The topological polar surface area (TPSA) is 84.9 Å². The Morgan fingerprint density at radius 3 is 1.93 bits per heavy atom. The number of ether oxygens (including phenoxy) is 2. The van der Waals surface area contributed by atoms with Gasteiger partial charge in [-0.3, -0.25) is 0 Å². The Bertz CT molecular complexity index is 977. The molecule has 0 aliphatic carbocycles. The molecule has 3 aromatic carbocycles. The van der Waals surface area contributed by atoms with Gasteiger partial charge in [0.15, 0.2) is 0 Å². The monoisotopic (exact) mass is 413 g/mol. The molecule has 0 fully saturated rings. The fourth-order valence-electron chi connectivity index (χ4n) is 2.58. The first-order valence-corrected chi connectivity index (χ1v) is 10.6. The van der Waals surface area contributed by atoms with Gasteiger partial charge in [0.05, 0.1) is 17.5 Å². The Balaban J connectivity index is 1.51. The number of hydrogen-bond acceptors (Lipinski definition) is 5. The van der Waals surface area contributed by atoms with Crippen molar-refractivity contribution in [3.05, 3.63) is 90.5 Å². The summed E-state index contributed by atoms with van der Waals surface area (Å²) in [5.74, 6) is 1.25. The smallest absolute Gasteiger partial charge is 0.241 e. The lowest BCUT2D eigenvalue weighted by molar-refractivity contribution is 0.197. The van der Waals surface area contributed by atoms with E-state index < -0.39 is 16.1 Å². The van der Waals surface area contributed by atoms with Gasteiger partial charge in [0.1, 0.15) is 24.7 Å². The average Bonchev–Trinajstić information content (AvgIpc) is 2.77. The Morgan fingerprint density at radius 1 is 0.793 bits per heavy atom. The van der Waals surface area contributed by atoms with Gasteiger partial charge in [0.2, 0.25) is 10.0 Å². The third-order valence-electron chi connectivity index (χ3n) is 4.12. The zero-order chi connectivity index (χ0) is 20.5. The van der Waals surface area contributed by atoms with Crippen molar-refractivity contribution in [1.29, 1.82) is 0 Å². The van der Waals surface area contributed by atoms with Crippen LogP contribution in [-0.2, 0) is 16.6 Å². The Kier molecular flexibility index (Phi) is 7.24. The standard InChI is InChI=1S/C22H23NO5S/c24-15-19(23-29(25,26)22-9-5-2-6-10-22)17-28-21-13-11-20(12-14-21)27-16-18-7-3-1-4-8-18/h1-14,19,23-24H,15-17H2. The molecule has 7 heteroatoms. The molecule has 0 saturated carbocycles. The molecule has 0 aromatic heterocycles. The minimum Gasteiger partial charge on any atom is -0.492 e. The zero-order valence-electron chi connectivity index (χ0n) is 15.8. The molecule has 0 amide bonds. The van der Waals surface area contributed by atoms with Gasteiger partial charge in [-0.1, -0.05) is 48.5 Å². The Labute approximate surface area is 170 Å². The summed E-state index contributed by atoms with van der Waals surface area (Å²) in [7, 11) is -3.73. The Hall–Kier alpha value is -2.87. The van der Waals surface area contributed by atoms with E-state index in [1.807, 2.05) is 30.3 Å². The summed E-state index contributed by atoms with van der Waals surface area (Å²) in [6, 6.07) is 24.1. The molecule has 0 heterocycles. The molecule has 0 aliphatic rings. The van der Waals surface area contributed by atoms with Crippen LogP contribution in [0.1, 0.15) is 5.56 Å². The quantitative estimate of drug-likeness (QED) is 0.534. The van der Waals surface area contributed by atoms with Crippen molar-refractivity contribution in [3.8, 4) is 11.5 Å². The van der Waals surface area contributed by atoms with Crippen molar-refractivity contribution in [3.63, 3.8) is 0 Å². The van der Waals surface area contributed by atoms with E-state index in [1.54, 1.807) is 42.5 Å². The maximum absolute atomic E-state index is 12.4. The number of aliphatic hydroxyl groups is 1. The van der Waals surface area contributed by atoms with Crippen molar-refractivity contribution in [2.75, 3.05) is 13.2 Å². The number of rotatable bonds is 10. The molecule has 0 bridgehead atoms. The molecular weight excluding hydrogens is 390 g/mol. The number of sulfonamides is 1. The number of hydrogen-bond donors (Lipinski definition) is 2. The van der Waals surface area contributed by atoms with Crippen LogP contribution in [0.15, 0.2) is 89.8 Å². The van der Waals surface area contributed by atoms with E-state index in [9.17, 15) is 13.5 Å². The van der Waals surface area contributed by atoms with E-state index in [-0.39, 0.29) is 18.1 Å². The van der Waals surface area contributed by atoms with Crippen molar-refractivity contribution in [2.24, 2.45) is 0 Å². The second-order valence-corrected chi connectivity index (χ2v) is 8.08. The summed E-state index contributed by atoms with van der Waals surface area (Å²) in [6.45, 7) is 0.0754. The van der Waals surface area contributed by atoms with Crippen LogP contribution in [0.5, 0.6) is 11.5 Å². The predicted octanol–water partition coefficient (Wildman–Crippen LogP) is 2.98. The van der Waals surface area contributed by atoms with Gasteiger partial charge in [0, 0.05) is 0 Å². The fourth-order valence-corrected chi connectivity index (χ4v) is 3.81. The van der Waals surface area contributed by atoms with Crippen LogP contribution in [0.25, 0.3) is 0 Å². The van der Waals surface area contributed by atoms with Crippen LogP contribution in [-0.4, -0.2) is 32.8 Å². The molecule has 1 unspecified atom stereocenters. The highest BCUT2D eigenvalue weighted by Gasteiger charge is 2.20. The first-order valence-electron chi connectivity index (χ1n) is 9.14. The van der Waals surface area contributed by atoms with Crippen LogP contribution in [0.3, 0.4) is 0 Å². The van der Waals surface area contributed by atoms with Gasteiger partial charge in [-0.25, -0.2) is 13.1 Å². The molecule has 6 nitrogen and oxygen atoms in total. The maximum atomic E-state index is 12.4. The van der Waals surface area contributed by atoms with E-state index in [0.717, 1.165) is 5.56 Å². The van der Waals surface area contributed by atoms with E-state index in [4.69, 9.17) is 9.47 Å². The Morgan fingerprint density at radius 2 is 1.34 bits per heavy atom. The van der Waals surface area contributed by atoms with Crippen molar-refractivity contribution in [2.45, 2.75) is 17.5 Å². The summed E-state index contributed by atoms with van der Waals surface area (Å²) < 4.78 is 38.5. The number of aliphatic hydroxyl groups excluding tert-OH is 1. The molecule has 0 aliphatic heterocycles. The van der Waals surface area contributed by atoms with Gasteiger partial charge in [-0.05, 0) is 42.0 Å². The lowest BCUT2D eigenvalue weighted by Gasteiger charge is -2.17. The lowest BCUT2D eigenvalue weighted by Crippen LogP contribution is -2.41. The van der Waals surface area contributed by atoms with Gasteiger partial charge >= 0.3 is 0 Å². The van der Waals surface area contributed by atoms with Crippen molar-refractivity contribution < 1.29 is 23.0 Å². The van der Waals surface area contributed by atoms with Crippen LogP contribution in [0, 0.1) is 0 Å². The van der Waals surface area contributed by atoms with E-state index in [0.29, 0.717) is 18.1 Å². The molecule has 2 N–H and O–H groups in total. The normalized spacial score (nSPS) is 12.3. The summed E-state index contributed by atoms with van der Waals surface area (Å²) in [6.07, 6.45) is 0. The third-order valence-corrected chi connectivity index (χ3v) is 5.66. The molecule has 3 aromatic rings. The highest BCUT2D eigenvalue weighted by molar-refractivity contribution is 7.89. The molecule has 0 radical (unpaired) electrons. The third kappa shape index (κ3) is 6.32. The van der Waals surface area contributed by atoms with E-state index >= 15 is 0 Å². The molecule has 3 rings (SSSR count). The van der Waals surface area contributed by atoms with Crippen molar-refractivity contribution in [1.82, 2.24) is 4.72 Å². The zero-order valence-corrected chi connectivity index (χ0v) is 16.6. The summed E-state index contributed by atoms with van der Waals surface area (Å²) in [4.78, 5) is 0.137. The molecule has 0 spiro atoms. The second kappa shape index (κ2) is 10.1.